The highest BCUT2D eigenvalue weighted by Crippen LogP contribution is 2.35. The van der Waals surface area contributed by atoms with Gasteiger partial charge in [-0.25, -0.2) is 18.9 Å². The lowest BCUT2D eigenvalue weighted by molar-refractivity contribution is 0.459. The van der Waals surface area contributed by atoms with Crippen molar-refractivity contribution in [3.8, 4) is 17.3 Å². The molecule has 29 heavy (non-hydrogen) atoms. The SMILES string of the molecule is Cc1cn2nc(-c3cc(F)c4nc(C5CCNCC5)sc4c3)cc(C#N)c2n1.Cl. The van der Waals surface area contributed by atoms with Crippen LogP contribution in [0.4, 0.5) is 4.39 Å². The van der Waals surface area contributed by atoms with Crippen LogP contribution in [0.3, 0.4) is 0 Å². The molecule has 1 aromatic carbocycles. The van der Waals surface area contributed by atoms with Gasteiger partial charge in [-0.05, 0) is 51.1 Å². The maximum Gasteiger partial charge on any atom is 0.171 e. The Morgan fingerprint density at radius 3 is 2.79 bits per heavy atom. The van der Waals surface area contributed by atoms with Crippen LogP contribution in [-0.4, -0.2) is 32.7 Å². The fourth-order valence-corrected chi connectivity index (χ4v) is 4.90. The summed E-state index contributed by atoms with van der Waals surface area (Å²) in [6, 6.07) is 7.19. The van der Waals surface area contributed by atoms with E-state index in [0.717, 1.165) is 41.3 Å². The number of fused-ring (bicyclic) bond motifs is 2. The Labute approximate surface area is 176 Å². The summed E-state index contributed by atoms with van der Waals surface area (Å²) in [6.45, 7) is 3.79. The van der Waals surface area contributed by atoms with Crippen LogP contribution in [0.1, 0.15) is 35.0 Å². The maximum atomic E-state index is 14.8. The van der Waals surface area contributed by atoms with E-state index < -0.39 is 0 Å². The summed E-state index contributed by atoms with van der Waals surface area (Å²) >= 11 is 1.55. The summed E-state index contributed by atoms with van der Waals surface area (Å²) in [5, 5.41) is 18.4. The molecule has 0 radical (unpaired) electrons. The number of rotatable bonds is 2. The van der Waals surface area contributed by atoms with Gasteiger partial charge >= 0.3 is 0 Å². The van der Waals surface area contributed by atoms with Crippen LogP contribution < -0.4 is 5.32 Å². The van der Waals surface area contributed by atoms with E-state index in [4.69, 9.17) is 0 Å². The maximum absolute atomic E-state index is 14.8. The first kappa shape index (κ1) is 19.7. The second kappa shape index (κ2) is 7.67. The highest BCUT2D eigenvalue weighted by atomic mass is 35.5. The van der Waals surface area contributed by atoms with Crippen molar-refractivity contribution in [1.29, 1.82) is 5.26 Å². The highest BCUT2D eigenvalue weighted by molar-refractivity contribution is 7.18. The Kier molecular flexibility index (Phi) is 5.21. The van der Waals surface area contributed by atoms with Gasteiger partial charge in [-0.15, -0.1) is 23.7 Å². The second-order valence-electron chi connectivity index (χ2n) is 7.09. The lowest BCUT2D eigenvalue weighted by atomic mass is 9.99. The van der Waals surface area contributed by atoms with E-state index in [1.54, 1.807) is 28.1 Å². The van der Waals surface area contributed by atoms with Crippen LogP contribution in [-0.2, 0) is 0 Å². The summed E-state index contributed by atoms with van der Waals surface area (Å²) in [5.41, 5.74) is 3.29. The van der Waals surface area contributed by atoms with Gasteiger partial charge in [0.05, 0.1) is 32.9 Å². The van der Waals surface area contributed by atoms with Crippen molar-refractivity contribution in [2.45, 2.75) is 25.7 Å². The molecule has 0 bridgehead atoms. The van der Waals surface area contributed by atoms with E-state index in [2.05, 4.69) is 26.5 Å². The van der Waals surface area contributed by atoms with E-state index in [9.17, 15) is 9.65 Å². The van der Waals surface area contributed by atoms with Crippen LogP contribution in [0.15, 0.2) is 24.4 Å². The number of hydrogen-bond acceptors (Lipinski definition) is 6. The molecule has 0 aliphatic carbocycles. The molecule has 0 saturated carbocycles. The smallest absolute Gasteiger partial charge is 0.171 e. The third-order valence-corrected chi connectivity index (χ3v) is 6.28. The largest absolute Gasteiger partial charge is 0.317 e. The lowest BCUT2D eigenvalue weighted by Gasteiger charge is -2.20. The molecule has 5 rings (SSSR count). The molecular formula is C20H18ClFN6S. The molecular weight excluding hydrogens is 411 g/mol. The molecule has 0 atom stereocenters. The van der Waals surface area contributed by atoms with E-state index in [-0.39, 0.29) is 18.2 Å². The number of aromatic nitrogens is 4. The van der Waals surface area contributed by atoms with Gasteiger partial charge in [0.2, 0.25) is 0 Å². The van der Waals surface area contributed by atoms with Crippen LogP contribution >= 0.6 is 23.7 Å². The van der Waals surface area contributed by atoms with Gasteiger partial charge in [0.1, 0.15) is 11.6 Å². The van der Waals surface area contributed by atoms with Crippen molar-refractivity contribution < 1.29 is 4.39 Å². The number of benzene rings is 1. The molecule has 1 saturated heterocycles. The number of aryl methyl sites for hydroxylation is 1. The third-order valence-electron chi connectivity index (χ3n) is 5.12. The van der Waals surface area contributed by atoms with E-state index in [1.165, 1.54) is 6.07 Å². The average molecular weight is 429 g/mol. The molecule has 6 nitrogen and oxygen atoms in total. The molecule has 4 aromatic rings. The van der Waals surface area contributed by atoms with Gasteiger partial charge in [-0.1, -0.05) is 0 Å². The lowest BCUT2D eigenvalue weighted by Crippen LogP contribution is -2.26. The van der Waals surface area contributed by atoms with Crippen LogP contribution in [0.25, 0.3) is 27.1 Å². The zero-order valence-corrected chi connectivity index (χ0v) is 17.3. The summed E-state index contributed by atoms with van der Waals surface area (Å²) < 4.78 is 17.2. The Morgan fingerprint density at radius 2 is 2.03 bits per heavy atom. The number of halogens is 2. The van der Waals surface area contributed by atoms with E-state index in [1.807, 2.05) is 13.0 Å². The monoisotopic (exact) mass is 428 g/mol. The molecule has 1 aliphatic rings. The molecule has 0 amide bonds. The van der Waals surface area contributed by atoms with Gasteiger partial charge in [0.15, 0.2) is 11.5 Å². The number of thiazole rings is 1. The Hall–Kier alpha value is -2.60. The fraction of sp³-hybridized carbons (Fsp3) is 0.300. The number of hydrogen-bond donors (Lipinski definition) is 1. The van der Waals surface area contributed by atoms with Crippen molar-refractivity contribution >= 4 is 39.6 Å². The summed E-state index contributed by atoms with van der Waals surface area (Å²) in [4.78, 5) is 8.92. The zero-order valence-electron chi connectivity index (χ0n) is 15.6. The predicted octanol–water partition coefficient (Wildman–Crippen LogP) is 4.21. The van der Waals surface area contributed by atoms with Gasteiger partial charge in [0, 0.05) is 11.5 Å². The second-order valence-corrected chi connectivity index (χ2v) is 8.15. The molecule has 1 fully saturated rings. The van der Waals surface area contributed by atoms with E-state index in [0.29, 0.717) is 33.9 Å². The minimum Gasteiger partial charge on any atom is -0.317 e. The van der Waals surface area contributed by atoms with Crippen molar-refractivity contribution in [2.24, 2.45) is 0 Å². The van der Waals surface area contributed by atoms with Crippen LogP contribution in [0.2, 0.25) is 0 Å². The minimum absolute atomic E-state index is 0. The Balaban J connectivity index is 0.00000205. The number of nitriles is 1. The average Bonchev–Trinajstić information content (AvgIpc) is 3.30. The number of piperidine rings is 1. The third kappa shape index (κ3) is 3.46. The molecule has 9 heteroatoms. The normalized spacial score (nSPS) is 14.8. The predicted molar refractivity (Wildman–Crippen MR) is 113 cm³/mol. The molecule has 0 spiro atoms. The zero-order chi connectivity index (χ0) is 19.3. The number of imidazole rings is 1. The molecule has 3 aromatic heterocycles. The van der Waals surface area contributed by atoms with Crippen molar-refractivity contribution in [3.05, 3.63) is 46.5 Å². The molecule has 4 heterocycles. The first-order valence-corrected chi connectivity index (χ1v) is 10.0. The standard InChI is InChI=1S/C20H17FN6S.ClH/c1-11-10-27-19(24-11)14(9-22)7-16(26-27)13-6-15(21)18-17(8-13)28-20(25-18)12-2-4-23-5-3-12;/h6-8,10,12,23H,2-5H2,1H3;1H. The van der Waals surface area contributed by atoms with Gasteiger partial charge in [-0.2, -0.15) is 10.4 Å². The summed E-state index contributed by atoms with van der Waals surface area (Å²) in [7, 11) is 0. The minimum atomic E-state index is -0.355. The highest BCUT2D eigenvalue weighted by Gasteiger charge is 2.21. The first-order chi connectivity index (χ1) is 13.6. The molecule has 148 valence electrons. The van der Waals surface area contributed by atoms with Gasteiger partial charge in [-0.3, -0.25) is 0 Å². The Morgan fingerprint density at radius 1 is 1.24 bits per heavy atom. The quantitative estimate of drug-likeness (QED) is 0.517. The topological polar surface area (TPSA) is 78.9 Å². The molecule has 1 N–H and O–H groups in total. The Bertz CT molecular complexity index is 1250. The van der Waals surface area contributed by atoms with Crippen LogP contribution in [0.5, 0.6) is 0 Å². The van der Waals surface area contributed by atoms with Crippen LogP contribution in [0, 0.1) is 24.1 Å². The fourth-order valence-electron chi connectivity index (χ4n) is 3.71. The van der Waals surface area contributed by atoms with Gasteiger partial charge < -0.3 is 5.32 Å². The van der Waals surface area contributed by atoms with E-state index >= 15 is 0 Å². The summed E-state index contributed by atoms with van der Waals surface area (Å²) in [5.74, 6) is 0.0289. The number of nitrogens with zero attached hydrogens (tertiary/aromatic N) is 5. The van der Waals surface area contributed by atoms with Gasteiger partial charge in [0.25, 0.3) is 0 Å². The van der Waals surface area contributed by atoms with Crippen molar-refractivity contribution in [1.82, 2.24) is 24.9 Å². The van der Waals surface area contributed by atoms with Crippen molar-refractivity contribution in [3.63, 3.8) is 0 Å². The summed E-state index contributed by atoms with van der Waals surface area (Å²) in [6.07, 6.45) is 3.81. The first-order valence-electron chi connectivity index (χ1n) is 9.20. The molecule has 0 unspecified atom stereocenters. The molecule has 1 aliphatic heterocycles. The number of nitrogens with one attached hydrogen (secondary N) is 1. The van der Waals surface area contributed by atoms with Crippen molar-refractivity contribution in [2.75, 3.05) is 13.1 Å².